The molecule has 2 aromatic rings. The zero-order chi connectivity index (χ0) is 12.6. The number of hydrogen-bond donors (Lipinski definition) is 0. The summed E-state index contributed by atoms with van der Waals surface area (Å²) in [5, 5.41) is 0. The number of benzene rings is 2. The Morgan fingerprint density at radius 2 is 1.56 bits per heavy atom. The first-order valence-corrected chi connectivity index (χ1v) is 6.18. The molecule has 0 radical (unpaired) electrons. The molecule has 2 aromatic carbocycles. The Morgan fingerprint density at radius 1 is 0.944 bits per heavy atom. The summed E-state index contributed by atoms with van der Waals surface area (Å²) in [4.78, 5) is 4.54. The van der Waals surface area contributed by atoms with Gasteiger partial charge in [-0.3, -0.25) is 0 Å². The third-order valence-electron chi connectivity index (χ3n) is 2.52. The van der Waals surface area contributed by atoms with Crippen molar-refractivity contribution in [1.29, 1.82) is 0 Å². The van der Waals surface area contributed by atoms with Crippen LogP contribution >= 0.6 is 0 Å². The molecule has 0 N–H and O–H groups in total. The lowest BCUT2D eigenvalue weighted by atomic mass is 10.1. The van der Waals surface area contributed by atoms with Crippen LogP contribution in [0.4, 0.5) is 5.69 Å². The van der Waals surface area contributed by atoms with E-state index < -0.39 is 0 Å². The van der Waals surface area contributed by atoms with Crippen molar-refractivity contribution in [2.45, 2.75) is 13.3 Å². The van der Waals surface area contributed by atoms with Crippen LogP contribution < -0.4 is 0 Å². The molecule has 0 fully saturated rings. The summed E-state index contributed by atoms with van der Waals surface area (Å²) >= 11 is 0. The number of aliphatic imine (C=N–C) groups is 1. The van der Waals surface area contributed by atoms with Crippen LogP contribution in [0, 0.1) is 0 Å². The lowest BCUT2D eigenvalue weighted by molar-refractivity contribution is 0.320. The largest absolute Gasteiger partial charge is 0.481 e. The summed E-state index contributed by atoms with van der Waals surface area (Å²) in [5.74, 6) is 0.759. The Bertz CT molecular complexity index is 491. The van der Waals surface area contributed by atoms with Gasteiger partial charge in [-0.2, -0.15) is 0 Å². The molecular weight excluding hydrogens is 222 g/mol. The topological polar surface area (TPSA) is 21.6 Å². The van der Waals surface area contributed by atoms with Crippen LogP contribution in [-0.4, -0.2) is 12.5 Å². The molecule has 0 bridgehead atoms. The molecule has 0 saturated heterocycles. The second-order valence-electron chi connectivity index (χ2n) is 3.94. The monoisotopic (exact) mass is 239 g/mol. The SMILES string of the molecule is CCOC(Cc1ccccc1)=Nc1ccccc1. The van der Waals surface area contributed by atoms with Crippen molar-refractivity contribution < 1.29 is 4.74 Å². The van der Waals surface area contributed by atoms with E-state index in [0.29, 0.717) is 6.61 Å². The van der Waals surface area contributed by atoms with Gasteiger partial charge < -0.3 is 4.74 Å². The molecule has 0 aliphatic rings. The Labute approximate surface area is 108 Å². The van der Waals surface area contributed by atoms with Gasteiger partial charge in [-0.15, -0.1) is 0 Å². The smallest absolute Gasteiger partial charge is 0.192 e. The van der Waals surface area contributed by atoms with Gasteiger partial charge in [0, 0.05) is 6.42 Å². The van der Waals surface area contributed by atoms with Gasteiger partial charge in [0.25, 0.3) is 0 Å². The van der Waals surface area contributed by atoms with E-state index in [1.54, 1.807) is 0 Å². The maximum absolute atomic E-state index is 5.60. The summed E-state index contributed by atoms with van der Waals surface area (Å²) in [7, 11) is 0. The van der Waals surface area contributed by atoms with Crippen molar-refractivity contribution in [1.82, 2.24) is 0 Å². The first-order chi connectivity index (χ1) is 8.88. The van der Waals surface area contributed by atoms with E-state index in [2.05, 4.69) is 17.1 Å². The molecule has 2 heteroatoms. The van der Waals surface area contributed by atoms with E-state index in [1.807, 2.05) is 55.5 Å². The molecule has 0 aliphatic carbocycles. The Hall–Kier alpha value is -2.09. The van der Waals surface area contributed by atoms with Crippen LogP contribution in [0.15, 0.2) is 65.7 Å². The summed E-state index contributed by atoms with van der Waals surface area (Å²) in [6.07, 6.45) is 0.726. The zero-order valence-electron chi connectivity index (χ0n) is 10.5. The highest BCUT2D eigenvalue weighted by molar-refractivity contribution is 5.81. The van der Waals surface area contributed by atoms with Gasteiger partial charge in [0.15, 0.2) is 5.90 Å². The third-order valence-corrected chi connectivity index (χ3v) is 2.52. The van der Waals surface area contributed by atoms with Crippen LogP contribution in [0.2, 0.25) is 0 Å². The third kappa shape index (κ3) is 3.74. The molecule has 0 heterocycles. The predicted molar refractivity (Wildman–Crippen MR) is 75.3 cm³/mol. The highest BCUT2D eigenvalue weighted by Crippen LogP contribution is 2.12. The van der Waals surface area contributed by atoms with Gasteiger partial charge in [0.2, 0.25) is 0 Å². The van der Waals surface area contributed by atoms with Gasteiger partial charge >= 0.3 is 0 Å². The van der Waals surface area contributed by atoms with Gasteiger partial charge in [-0.25, -0.2) is 4.99 Å². The highest BCUT2D eigenvalue weighted by atomic mass is 16.5. The van der Waals surface area contributed by atoms with Crippen molar-refractivity contribution >= 4 is 11.6 Å². The van der Waals surface area contributed by atoms with Crippen molar-refractivity contribution in [3.05, 3.63) is 66.2 Å². The van der Waals surface area contributed by atoms with E-state index in [-0.39, 0.29) is 0 Å². The fraction of sp³-hybridized carbons (Fsp3) is 0.188. The molecule has 2 rings (SSSR count). The predicted octanol–water partition coefficient (Wildman–Crippen LogP) is 4.00. The molecular formula is C16H17NO. The normalized spacial score (nSPS) is 11.3. The van der Waals surface area contributed by atoms with Crippen LogP contribution in [0.1, 0.15) is 12.5 Å². The maximum atomic E-state index is 5.60. The summed E-state index contributed by atoms with van der Waals surface area (Å²) in [6, 6.07) is 20.1. The van der Waals surface area contributed by atoms with Crippen LogP contribution in [0.5, 0.6) is 0 Å². The zero-order valence-corrected chi connectivity index (χ0v) is 10.5. The molecule has 0 unspecified atom stereocenters. The lowest BCUT2D eigenvalue weighted by Crippen LogP contribution is -2.08. The van der Waals surface area contributed by atoms with E-state index >= 15 is 0 Å². The summed E-state index contributed by atoms with van der Waals surface area (Å²) in [6.45, 7) is 2.62. The number of nitrogens with zero attached hydrogens (tertiary/aromatic N) is 1. The minimum Gasteiger partial charge on any atom is -0.481 e. The standard InChI is InChI=1S/C16H17NO/c1-2-18-16(13-14-9-5-3-6-10-14)17-15-11-7-4-8-12-15/h3-12H,2,13H2,1H3. The molecule has 0 amide bonds. The molecule has 0 aliphatic heterocycles. The van der Waals surface area contributed by atoms with E-state index in [0.717, 1.165) is 18.0 Å². The Balaban J connectivity index is 2.16. The van der Waals surface area contributed by atoms with Crippen LogP contribution in [0.3, 0.4) is 0 Å². The van der Waals surface area contributed by atoms with E-state index in [4.69, 9.17) is 4.74 Å². The van der Waals surface area contributed by atoms with Gasteiger partial charge in [-0.1, -0.05) is 48.5 Å². The number of rotatable bonds is 4. The van der Waals surface area contributed by atoms with Gasteiger partial charge in [-0.05, 0) is 24.6 Å². The van der Waals surface area contributed by atoms with Crippen LogP contribution in [-0.2, 0) is 11.2 Å². The molecule has 18 heavy (non-hydrogen) atoms. The van der Waals surface area contributed by atoms with Crippen molar-refractivity contribution in [2.75, 3.05) is 6.61 Å². The Morgan fingerprint density at radius 3 is 2.17 bits per heavy atom. The number of para-hydroxylation sites is 1. The average Bonchev–Trinajstić information content (AvgIpc) is 2.41. The van der Waals surface area contributed by atoms with Crippen molar-refractivity contribution in [2.24, 2.45) is 4.99 Å². The molecule has 2 nitrogen and oxygen atoms in total. The second kappa shape index (κ2) is 6.60. The summed E-state index contributed by atoms with van der Waals surface area (Å²) in [5.41, 5.74) is 2.14. The molecule has 0 saturated carbocycles. The first kappa shape index (κ1) is 12.4. The number of hydrogen-bond acceptors (Lipinski definition) is 2. The van der Waals surface area contributed by atoms with Crippen molar-refractivity contribution in [3.63, 3.8) is 0 Å². The van der Waals surface area contributed by atoms with Gasteiger partial charge in [0.05, 0.1) is 12.3 Å². The quantitative estimate of drug-likeness (QED) is 0.584. The van der Waals surface area contributed by atoms with Crippen molar-refractivity contribution in [3.8, 4) is 0 Å². The molecule has 0 atom stereocenters. The summed E-state index contributed by atoms with van der Waals surface area (Å²) < 4.78 is 5.60. The van der Waals surface area contributed by atoms with Crippen LogP contribution in [0.25, 0.3) is 0 Å². The minimum absolute atomic E-state index is 0.637. The van der Waals surface area contributed by atoms with Gasteiger partial charge in [0.1, 0.15) is 0 Å². The number of ether oxygens (including phenoxy) is 1. The van der Waals surface area contributed by atoms with E-state index in [9.17, 15) is 0 Å². The first-order valence-electron chi connectivity index (χ1n) is 6.18. The second-order valence-corrected chi connectivity index (χ2v) is 3.94. The highest BCUT2D eigenvalue weighted by Gasteiger charge is 2.02. The molecule has 0 aromatic heterocycles. The Kier molecular flexibility index (Phi) is 4.53. The minimum atomic E-state index is 0.637. The lowest BCUT2D eigenvalue weighted by Gasteiger charge is -2.07. The molecule has 0 spiro atoms. The molecule has 92 valence electrons. The maximum Gasteiger partial charge on any atom is 0.192 e. The fourth-order valence-electron chi connectivity index (χ4n) is 1.71. The fourth-order valence-corrected chi connectivity index (χ4v) is 1.71. The average molecular weight is 239 g/mol. The van der Waals surface area contributed by atoms with E-state index in [1.165, 1.54) is 5.56 Å².